The summed E-state index contributed by atoms with van der Waals surface area (Å²) in [5.41, 5.74) is 0.363. The third kappa shape index (κ3) is 5.57. The zero-order chi connectivity index (χ0) is 21.0. The Bertz CT molecular complexity index is 1100. The maximum atomic E-state index is 12.5. The fourth-order valence-electron chi connectivity index (χ4n) is 2.58. The number of halogens is 4. The van der Waals surface area contributed by atoms with Crippen molar-refractivity contribution in [3.05, 3.63) is 63.6 Å². The lowest BCUT2D eigenvalue weighted by atomic mass is 10.2. The number of benzene rings is 2. The molecule has 0 bridgehead atoms. The van der Waals surface area contributed by atoms with Crippen LogP contribution in [-0.4, -0.2) is 28.2 Å². The van der Waals surface area contributed by atoms with Gasteiger partial charge in [-0.1, -0.05) is 28.1 Å². The molecule has 6 nitrogen and oxygen atoms in total. The molecule has 1 amide bonds. The van der Waals surface area contributed by atoms with E-state index < -0.39 is 18.7 Å². The van der Waals surface area contributed by atoms with E-state index in [1.54, 1.807) is 24.3 Å². The summed E-state index contributed by atoms with van der Waals surface area (Å²) >= 11 is 3.30. The van der Waals surface area contributed by atoms with Crippen LogP contribution in [0.1, 0.15) is 6.42 Å². The first-order chi connectivity index (χ1) is 13.7. The van der Waals surface area contributed by atoms with Gasteiger partial charge in [-0.25, -0.2) is 4.98 Å². The summed E-state index contributed by atoms with van der Waals surface area (Å²) in [6.07, 6.45) is -3.21. The fraction of sp³-hybridized carbons (Fsp3) is 0.211. The van der Waals surface area contributed by atoms with Gasteiger partial charge in [0.2, 0.25) is 5.91 Å². The van der Waals surface area contributed by atoms with Gasteiger partial charge in [0.15, 0.2) is 6.61 Å². The topological polar surface area (TPSA) is 73.2 Å². The highest BCUT2D eigenvalue weighted by Crippen LogP contribution is 2.26. The molecule has 3 aromatic rings. The first-order valence-electron chi connectivity index (χ1n) is 8.46. The molecule has 1 heterocycles. The number of ether oxygens (including phenoxy) is 1. The van der Waals surface area contributed by atoms with Gasteiger partial charge in [-0.2, -0.15) is 13.2 Å². The van der Waals surface area contributed by atoms with Crippen LogP contribution >= 0.6 is 15.9 Å². The van der Waals surface area contributed by atoms with Crippen molar-refractivity contribution in [1.29, 1.82) is 0 Å². The smallest absolute Gasteiger partial charge is 0.422 e. The molecule has 0 radical (unpaired) electrons. The molecule has 0 aliphatic heterocycles. The number of aryl methyl sites for hydroxylation is 1. The van der Waals surface area contributed by atoms with Crippen LogP contribution < -0.4 is 15.6 Å². The van der Waals surface area contributed by atoms with Crippen molar-refractivity contribution in [2.75, 3.05) is 11.9 Å². The number of nitrogens with zero attached hydrogens (tertiary/aromatic N) is 2. The fourth-order valence-corrected chi connectivity index (χ4v) is 2.94. The van der Waals surface area contributed by atoms with Crippen LogP contribution in [0.25, 0.3) is 10.9 Å². The van der Waals surface area contributed by atoms with Gasteiger partial charge in [0.1, 0.15) is 5.75 Å². The SMILES string of the molecule is O=C(CCn1cnc2ccc(Br)cc2c1=O)Nc1ccccc1OCC(F)(F)F. The second-order valence-corrected chi connectivity index (χ2v) is 7.02. The molecule has 10 heteroatoms. The van der Waals surface area contributed by atoms with Crippen LogP contribution in [0.3, 0.4) is 0 Å². The van der Waals surface area contributed by atoms with E-state index in [0.717, 1.165) is 4.47 Å². The minimum Gasteiger partial charge on any atom is -0.482 e. The molecule has 1 aromatic heterocycles. The van der Waals surface area contributed by atoms with Crippen molar-refractivity contribution in [3.8, 4) is 5.75 Å². The van der Waals surface area contributed by atoms with E-state index >= 15 is 0 Å². The predicted octanol–water partition coefficient (Wildman–Crippen LogP) is 4.13. The van der Waals surface area contributed by atoms with Crippen molar-refractivity contribution in [1.82, 2.24) is 9.55 Å². The lowest BCUT2D eigenvalue weighted by molar-refractivity contribution is -0.153. The van der Waals surface area contributed by atoms with E-state index in [1.807, 2.05) is 0 Å². The Morgan fingerprint density at radius 2 is 1.97 bits per heavy atom. The second-order valence-electron chi connectivity index (χ2n) is 6.10. The van der Waals surface area contributed by atoms with Crippen molar-refractivity contribution in [3.63, 3.8) is 0 Å². The van der Waals surface area contributed by atoms with E-state index in [-0.39, 0.29) is 30.0 Å². The molecular weight excluding hydrogens is 455 g/mol. The number of anilines is 1. The highest BCUT2D eigenvalue weighted by molar-refractivity contribution is 9.10. The Balaban J connectivity index is 1.67. The highest BCUT2D eigenvalue weighted by atomic mass is 79.9. The molecule has 0 aliphatic carbocycles. The lowest BCUT2D eigenvalue weighted by Gasteiger charge is -2.14. The Labute approximate surface area is 171 Å². The van der Waals surface area contributed by atoms with Gasteiger partial charge >= 0.3 is 6.18 Å². The Hall–Kier alpha value is -2.88. The van der Waals surface area contributed by atoms with Gasteiger partial charge in [-0.3, -0.25) is 14.2 Å². The molecule has 0 spiro atoms. The first kappa shape index (κ1) is 20.8. The average molecular weight is 470 g/mol. The second kappa shape index (κ2) is 8.64. The normalized spacial score (nSPS) is 11.4. The number of rotatable bonds is 6. The zero-order valence-electron chi connectivity index (χ0n) is 14.9. The molecule has 0 atom stereocenters. The average Bonchev–Trinajstić information content (AvgIpc) is 2.66. The molecule has 0 saturated carbocycles. The minimum atomic E-state index is -4.49. The number of carbonyl (C=O) groups excluding carboxylic acids is 1. The third-order valence-electron chi connectivity index (χ3n) is 3.92. The summed E-state index contributed by atoms with van der Waals surface area (Å²) in [4.78, 5) is 29.0. The van der Waals surface area contributed by atoms with E-state index in [4.69, 9.17) is 4.74 Å². The maximum Gasteiger partial charge on any atom is 0.422 e. The minimum absolute atomic E-state index is 0.0612. The van der Waals surface area contributed by atoms with E-state index in [0.29, 0.717) is 10.9 Å². The van der Waals surface area contributed by atoms with E-state index in [9.17, 15) is 22.8 Å². The van der Waals surface area contributed by atoms with Gasteiger partial charge in [0.05, 0.1) is 22.9 Å². The number of fused-ring (bicyclic) bond motifs is 1. The molecule has 29 heavy (non-hydrogen) atoms. The maximum absolute atomic E-state index is 12.5. The highest BCUT2D eigenvalue weighted by Gasteiger charge is 2.28. The number of aromatic nitrogens is 2. The molecule has 2 aromatic carbocycles. The summed E-state index contributed by atoms with van der Waals surface area (Å²) in [6, 6.07) is 10.9. The quantitative estimate of drug-likeness (QED) is 0.588. The van der Waals surface area contributed by atoms with E-state index in [1.165, 1.54) is 29.1 Å². The van der Waals surface area contributed by atoms with Crippen LogP contribution in [0.2, 0.25) is 0 Å². The Morgan fingerprint density at radius 1 is 1.21 bits per heavy atom. The van der Waals surface area contributed by atoms with Gasteiger partial charge in [0, 0.05) is 17.4 Å². The predicted molar refractivity (Wildman–Crippen MR) is 105 cm³/mol. The molecule has 0 aliphatic rings. The largest absolute Gasteiger partial charge is 0.482 e. The first-order valence-corrected chi connectivity index (χ1v) is 9.25. The Morgan fingerprint density at radius 3 is 2.72 bits per heavy atom. The number of nitrogens with one attached hydrogen (secondary N) is 1. The number of hydrogen-bond donors (Lipinski definition) is 1. The van der Waals surface area contributed by atoms with Gasteiger partial charge < -0.3 is 10.1 Å². The van der Waals surface area contributed by atoms with E-state index in [2.05, 4.69) is 26.2 Å². The lowest BCUT2D eigenvalue weighted by Crippen LogP contribution is -2.24. The number of alkyl halides is 3. The molecule has 152 valence electrons. The van der Waals surface area contributed by atoms with Crippen molar-refractivity contribution in [2.45, 2.75) is 19.1 Å². The molecule has 3 rings (SSSR count). The molecular formula is C19H15BrF3N3O3. The van der Waals surface area contributed by atoms with Crippen molar-refractivity contribution < 1.29 is 22.7 Å². The van der Waals surface area contributed by atoms with Gasteiger partial charge in [-0.05, 0) is 30.3 Å². The number of para-hydroxylation sites is 2. The van der Waals surface area contributed by atoms with Crippen LogP contribution in [0, 0.1) is 0 Å². The molecule has 0 fully saturated rings. The summed E-state index contributed by atoms with van der Waals surface area (Å²) in [7, 11) is 0. The molecule has 0 saturated heterocycles. The number of hydrogen-bond acceptors (Lipinski definition) is 4. The van der Waals surface area contributed by atoms with Crippen LogP contribution in [-0.2, 0) is 11.3 Å². The summed E-state index contributed by atoms with van der Waals surface area (Å²) < 4.78 is 43.9. The zero-order valence-corrected chi connectivity index (χ0v) is 16.5. The van der Waals surface area contributed by atoms with Crippen molar-refractivity contribution in [2.24, 2.45) is 0 Å². The standard InChI is InChI=1S/C19H15BrF3N3O3/c20-12-5-6-14-13(9-12)18(28)26(11-24-14)8-7-17(27)25-15-3-1-2-4-16(15)29-10-19(21,22)23/h1-6,9,11H,7-8,10H2,(H,25,27). The summed E-state index contributed by atoms with van der Waals surface area (Å²) in [5.74, 6) is -0.568. The summed E-state index contributed by atoms with van der Waals surface area (Å²) in [5, 5.41) is 2.92. The number of carbonyl (C=O) groups is 1. The monoisotopic (exact) mass is 469 g/mol. The van der Waals surface area contributed by atoms with Crippen LogP contribution in [0.5, 0.6) is 5.75 Å². The third-order valence-corrected chi connectivity index (χ3v) is 4.41. The molecule has 1 N–H and O–H groups in total. The van der Waals surface area contributed by atoms with Crippen molar-refractivity contribution >= 4 is 38.4 Å². The molecule has 0 unspecified atom stereocenters. The Kier molecular flexibility index (Phi) is 6.21. The van der Waals surface area contributed by atoms with Gasteiger partial charge in [0.25, 0.3) is 5.56 Å². The number of amides is 1. The van der Waals surface area contributed by atoms with Gasteiger partial charge in [-0.15, -0.1) is 0 Å². The van der Waals surface area contributed by atoms with Crippen LogP contribution in [0.4, 0.5) is 18.9 Å². The van der Waals surface area contributed by atoms with Crippen LogP contribution in [0.15, 0.2) is 58.1 Å². The summed E-state index contributed by atoms with van der Waals surface area (Å²) in [6.45, 7) is -1.40.